The van der Waals surface area contributed by atoms with Crippen molar-refractivity contribution in [3.8, 4) is 11.8 Å². The first-order valence-electron chi connectivity index (χ1n) is 7.05. The van der Waals surface area contributed by atoms with E-state index in [9.17, 15) is 0 Å². The average molecular weight is 292 g/mol. The molecule has 0 atom stereocenters. The molecule has 3 nitrogen and oxygen atoms in total. The first-order chi connectivity index (χ1) is 9.48. The van der Waals surface area contributed by atoms with Gasteiger partial charge in [0.2, 0.25) is 0 Å². The zero-order chi connectivity index (χ0) is 15.0. The van der Waals surface area contributed by atoms with Crippen LogP contribution in [-0.4, -0.2) is 12.4 Å². The SMILES string of the molecule is CCOc1ccc(N)c(SCCCCC(C)(C)C#N)c1. The van der Waals surface area contributed by atoms with Crippen LogP contribution in [0.2, 0.25) is 0 Å². The number of unbranched alkanes of at least 4 members (excludes halogenated alkanes) is 1. The molecule has 110 valence electrons. The molecular weight excluding hydrogens is 268 g/mol. The second kappa shape index (κ2) is 8.06. The van der Waals surface area contributed by atoms with E-state index in [-0.39, 0.29) is 5.41 Å². The largest absolute Gasteiger partial charge is 0.494 e. The highest BCUT2D eigenvalue weighted by Crippen LogP contribution is 2.30. The second-order valence-electron chi connectivity index (χ2n) is 5.43. The summed E-state index contributed by atoms with van der Waals surface area (Å²) in [4.78, 5) is 1.08. The number of hydrogen-bond donors (Lipinski definition) is 1. The number of hydrogen-bond acceptors (Lipinski definition) is 4. The Morgan fingerprint density at radius 3 is 2.75 bits per heavy atom. The molecule has 0 spiro atoms. The van der Waals surface area contributed by atoms with E-state index in [1.54, 1.807) is 11.8 Å². The summed E-state index contributed by atoms with van der Waals surface area (Å²) in [5.74, 6) is 1.89. The van der Waals surface area contributed by atoms with Crippen LogP contribution in [0.3, 0.4) is 0 Å². The number of nitrogens with zero attached hydrogens (tertiary/aromatic N) is 1. The summed E-state index contributed by atoms with van der Waals surface area (Å²) in [7, 11) is 0. The van der Waals surface area contributed by atoms with E-state index in [0.29, 0.717) is 6.61 Å². The standard InChI is InChI=1S/C16H24N2OS/c1-4-19-13-7-8-14(18)15(11-13)20-10-6-5-9-16(2,3)12-17/h7-8,11H,4-6,9-10,18H2,1-3H3. The highest BCUT2D eigenvalue weighted by atomic mass is 32.2. The number of nitrogens with two attached hydrogens (primary N) is 1. The Bertz CT molecular complexity index is 466. The van der Waals surface area contributed by atoms with E-state index in [0.717, 1.165) is 41.3 Å². The van der Waals surface area contributed by atoms with Gasteiger partial charge >= 0.3 is 0 Å². The van der Waals surface area contributed by atoms with Crippen LogP contribution in [0.1, 0.15) is 40.0 Å². The van der Waals surface area contributed by atoms with Gasteiger partial charge in [-0.1, -0.05) is 6.42 Å². The molecule has 0 unspecified atom stereocenters. The van der Waals surface area contributed by atoms with E-state index in [1.165, 1.54) is 0 Å². The fourth-order valence-electron chi connectivity index (χ4n) is 1.80. The van der Waals surface area contributed by atoms with Gasteiger partial charge in [0.25, 0.3) is 0 Å². The summed E-state index contributed by atoms with van der Waals surface area (Å²) in [6, 6.07) is 8.14. The van der Waals surface area contributed by atoms with Crippen molar-refractivity contribution in [3.63, 3.8) is 0 Å². The lowest BCUT2D eigenvalue weighted by molar-refractivity contribution is 0.339. The van der Waals surface area contributed by atoms with Crippen LogP contribution in [0.25, 0.3) is 0 Å². The number of benzene rings is 1. The van der Waals surface area contributed by atoms with Crippen molar-refractivity contribution in [1.82, 2.24) is 0 Å². The third-order valence-electron chi connectivity index (χ3n) is 3.05. The molecule has 0 heterocycles. The average Bonchev–Trinajstić information content (AvgIpc) is 2.42. The molecule has 0 aromatic heterocycles. The van der Waals surface area contributed by atoms with E-state index in [2.05, 4.69) is 6.07 Å². The van der Waals surface area contributed by atoms with Gasteiger partial charge in [-0.05, 0) is 57.6 Å². The molecule has 0 saturated heterocycles. The molecule has 1 aromatic carbocycles. The summed E-state index contributed by atoms with van der Waals surface area (Å²) >= 11 is 1.76. The number of anilines is 1. The third kappa shape index (κ3) is 5.75. The first kappa shape index (κ1) is 16.7. The summed E-state index contributed by atoms with van der Waals surface area (Å²) < 4.78 is 5.48. The Kier molecular flexibility index (Phi) is 6.74. The first-order valence-corrected chi connectivity index (χ1v) is 8.03. The second-order valence-corrected chi connectivity index (χ2v) is 6.57. The van der Waals surface area contributed by atoms with Crippen molar-refractivity contribution in [3.05, 3.63) is 18.2 Å². The van der Waals surface area contributed by atoms with Crippen LogP contribution >= 0.6 is 11.8 Å². The van der Waals surface area contributed by atoms with Gasteiger partial charge in [-0.2, -0.15) is 5.26 Å². The van der Waals surface area contributed by atoms with Gasteiger partial charge in [0, 0.05) is 10.6 Å². The lowest BCUT2D eigenvalue weighted by atomic mass is 9.89. The minimum Gasteiger partial charge on any atom is -0.494 e. The van der Waals surface area contributed by atoms with Gasteiger partial charge in [-0.25, -0.2) is 0 Å². The lowest BCUT2D eigenvalue weighted by Gasteiger charge is -2.14. The smallest absolute Gasteiger partial charge is 0.120 e. The van der Waals surface area contributed by atoms with Gasteiger partial charge in [-0.15, -0.1) is 11.8 Å². The zero-order valence-corrected chi connectivity index (χ0v) is 13.4. The Labute approximate surface area is 126 Å². The van der Waals surface area contributed by atoms with Crippen LogP contribution in [0.15, 0.2) is 23.1 Å². The maximum Gasteiger partial charge on any atom is 0.120 e. The Balaban J connectivity index is 2.38. The molecule has 1 aromatic rings. The minimum atomic E-state index is -0.210. The molecule has 20 heavy (non-hydrogen) atoms. The Morgan fingerprint density at radius 1 is 1.35 bits per heavy atom. The van der Waals surface area contributed by atoms with Crippen LogP contribution in [0.4, 0.5) is 5.69 Å². The van der Waals surface area contributed by atoms with Crippen LogP contribution in [0.5, 0.6) is 5.75 Å². The molecule has 0 aliphatic rings. The van der Waals surface area contributed by atoms with Gasteiger partial charge in [0.1, 0.15) is 5.75 Å². The normalized spacial score (nSPS) is 11.1. The molecular formula is C16H24N2OS. The molecule has 0 aliphatic heterocycles. The molecule has 0 aliphatic carbocycles. The summed E-state index contributed by atoms with van der Waals surface area (Å²) in [5.41, 5.74) is 6.56. The molecule has 0 bridgehead atoms. The monoisotopic (exact) mass is 292 g/mol. The highest BCUT2D eigenvalue weighted by molar-refractivity contribution is 7.99. The van der Waals surface area contributed by atoms with Gasteiger partial charge < -0.3 is 10.5 Å². The predicted octanol–water partition coefficient (Wildman–Crippen LogP) is 4.48. The fourth-order valence-corrected chi connectivity index (χ4v) is 2.81. The zero-order valence-electron chi connectivity index (χ0n) is 12.6. The molecule has 0 radical (unpaired) electrons. The third-order valence-corrected chi connectivity index (χ3v) is 4.21. The van der Waals surface area contributed by atoms with Gasteiger partial charge in [-0.3, -0.25) is 0 Å². The van der Waals surface area contributed by atoms with Gasteiger partial charge in [0.05, 0.1) is 18.1 Å². The Morgan fingerprint density at radius 2 is 2.10 bits per heavy atom. The predicted molar refractivity (Wildman–Crippen MR) is 86.0 cm³/mol. The minimum absolute atomic E-state index is 0.210. The van der Waals surface area contributed by atoms with Crippen molar-refractivity contribution in [1.29, 1.82) is 5.26 Å². The van der Waals surface area contributed by atoms with Gasteiger partial charge in [0.15, 0.2) is 0 Å². The maximum atomic E-state index is 8.96. The van der Waals surface area contributed by atoms with Crippen molar-refractivity contribution in [2.24, 2.45) is 5.41 Å². The van der Waals surface area contributed by atoms with E-state index in [4.69, 9.17) is 15.7 Å². The van der Waals surface area contributed by atoms with E-state index in [1.807, 2.05) is 39.0 Å². The topological polar surface area (TPSA) is 59.0 Å². The molecule has 4 heteroatoms. The quantitative estimate of drug-likeness (QED) is 0.436. The summed E-state index contributed by atoms with van der Waals surface area (Å²) in [6.45, 7) is 6.62. The summed E-state index contributed by atoms with van der Waals surface area (Å²) in [6.07, 6.45) is 3.10. The molecule has 0 amide bonds. The van der Waals surface area contributed by atoms with E-state index < -0.39 is 0 Å². The number of ether oxygens (including phenoxy) is 1. The summed E-state index contributed by atoms with van der Waals surface area (Å²) in [5, 5.41) is 8.96. The van der Waals surface area contributed by atoms with Crippen molar-refractivity contribution >= 4 is 17.4 Å². The van der Waals surface area contributed by atoms with Crippen LogP contribution < -0.4 is 10.5 Å². The number of rotatable bonds is 8. The fraction of sp³-hybridized carbons (Fsp3) is 0.562. The van der Waals surface area contributed by atoms with Crippen molar-refractivity contribution in [2.75, 3.05) is 18.1 Å². The molecule has 0 fully saturated rings. The highest BCUT2D eigenvalue weighted by Gasteiger charge is 2.15. The van der Waals surface area contributed by atoms with Crippen molar-refractivity contribution in [2.45, 2.75) is 44.9 Å². The number of thioether (sulfide) groups is 1. The van der Waals surface area contributed by atoms with Crippen LogP contribution in [0, 0.1) is 16.7 Å². The number of nitriles is 1. The molecule has 2 N–H and O–H groups in total. The lowest BCUT2D eigenvalue weighted by Crippen LogP contribution is -2.07. The van der Waals surface area contributed by atoms with E-state index >= 15 is 0 Å². The van der Waals surface area contributed by atoms with Crippen LogP contribution in [-0.2, 0) is 0 Å². The number of nitrogen functional groups attached to an aromatic ring is 1. The maximum absolute atomic E-state index is 8.96. The molecule has 0 saturated carbocycles. The van der Waals surface area contributed by atoms with Crippen molar-refractivity contribution < 1.29 is 4.74 Å². The Hall–Kier alpha value is -1.34. The molecule has 1 rings (SSSR count).